The number of ether oxygens (including phenoxy) is 1. The molecule has 0 saturated heterocycles. The zero-order chi connectivity index (χ0) is 19.1. The second-order valence-electron chi connectivity index (χ2n) is 5.07. The second kappa shape index (κ2) is 8.33. The van der Waals surface area contributed by atoms with E-state index in [-0.39, 0.29) is 17.1 Å². The molecule has 1 amide bonds. The van der Waals surface area contributed by atoms with E-state index < -0.39 is 21.9 Å². The van der Waals surface area contributed by atoms with Crippen molar-refractivity contribution in [3.8, 4) is 5.75 Å². The number of para-hydroxylation sites is 2. The van der Waals surface area contributed by atoms with Gasteiger partial charge < -0.3 is 4.74 Å². The van der Waals surface area contributed by atoms with E-state index in [1.807, 2.05) is 0 Å². The molecule has 0 heterocycles. The fourth-order valence-corrected chi connectivity index (χ4v) is 1.90. The summed E-state index contributed by atoms with van der Waals surface area (Å²) in [7, 11) is 0. The summed E-state index contributed by atoms with van der Waals surface area (Å²) in [5.41, 5.74) is 2.48. The van der Waals surface area contributed by atoms with Crippen LogP contribution in [-0.4, -0.2) is 28.1 Å². The zero-order valence-corrected chi connectivity index (χ0v) is 13.6. The van der Waals surface area contributed by atoms with Crippen LogP contribution in [0.1, 0.15) is 12.5 Å². The third-order valence-corrected chi connectivity index (χ3v) is 3.23. The Morgan fingerprint density at radius 1 is 1.12 bits per heavy atom. The Morgan fingerprint density at radius 3 is 2.38 bits per heavy atom. The minimum atomic E-state index is -1.02. The monoisotopic (exact) mass is 358 g/mol. The maximum atomic E-state index is 12.0. The lowest BCUT2D eigenvalue weighted by Crippen LogP contribution is -2.33. The largest absolute Gasteiger partial charge is 0.474 e. The molecule has 0 aromatic heterocycles. The van der Waals surface area contributed by atoms with Crippen molar-refractivity contribution < 1.29 is 19.4 Å². The molecule has 2 aromatic carbocycles. The van der Waals surface area contributed by atoms with Crippen molar-refractivity contribution in [2.75, 3.05) is 0 Å². The molecule has 0 aliphatic heterocycles. The number of amides is 1. The van der Waals surface area contributed by atoms with Gasteiger partial charge in [-0.25, -0.2) is 5.43 Å². The van der Waals surface area contributed by atoms with Gasteiger partial charge in [-0.15, -0.1) is 0 Å². The summed E-state index contributed by atoms with van der Waals surface area (Å²) < 4.78 is 5.31. The maximum absolute atomic E-state index is 12.0. The first-order valence-electron chi connectivity index (χ1n) is 7.36. The molecular formula is C16H14N4O6. The number of nitro benzene ring substituents is 2. The van der Waals surface area contributed by atoms with Crippen LogP contribution in [0.5, 0.6) is 5.75 Å². The van der Waals surface area contributed by atoms with E-state index in [1.165, 1.54) is 55.6 Å². The third kappa shape index (κ3) is 4.84. The Hall–Kier alpha value is -3.82. The van der Waals surface area contributed by atoms with Crippen LogP contribution in [0.3, 0.4) is 0 Å². The van der Waals surface area contributed by atoms with Crippen molar-refractivity contribution in [3.05, 3.63) is 74.3 Å². The summed E-state index contributed by atoms with van der Waals surface area (Å²) >= 11 is 0. The number of hydrogen-bond donors (Lipinski definition) is 1. The molecule has 0 saturated carbocycles. The first kappa shape index (κ1) is 18.5. The minimum Gasteiger partial charge on any atom is -0.474 e. The van der Waals surface area contributed by atoms with E-state index in [0.29, 0.717) is 5.56 Å². The normalized spacial score (nSPS) is 11.7. The number of carbonyl (C=O) groups is 1. The highest BCUT2D eigenvalue weighted by atomic mass is 16.6. The van der Waals surface area contributed by atoms with Gasteiger partial charge in [-0.05, 0) is 30.7 Å². The summed E-state index contributed by atoms with van der Waals surface area (Å²) in [6, 6.07) is 11.3. The SMILES string of the molecule is C[C@@H](Oc1ccccc1[N+](=O)[O-])C(=O)N/N=C\c1ccc([N+](=O)[O-])cc1. The zero-order valence-electron chi connectivity index (χ0n) is 13.6. The van der Waals surface area contributed by atoms with E-state index >= 15 is 0 Å². The van der Waals surface area contributed by atoms with E-state index in [1.54, 1.807) is 6.07 Å². The molecule has 2 aromatic rings. The molecule has 134 valence electrons. The Labute approximate surface area is 147 Å². The number of benzene rings is 2. The fourth-order valence-electron chi connectivity index (χ4n) is 1.90. The highest BCUT2D eigenvalue weighted by Crippen LogP contribution is 2.26. The molecule has 0 bridgehead atoms. The molecule has 0 fully saturated rings. The third-order valence-electron chi connectivity index (χ3n) is 3.23. The molecule has 26 heavy (non-hydrogen) atoms. The summed E-state index contributed by atoms with van der Waals surface area (Å²) in [4.78, 5) is 32.3. The molecule has 1 N–H and O–H groups in total. The quantitative estimate of drug-likeness (QED) is 0.458. The Balaban J connectivity index is 1.95. The van der Waals surface area contributed by atoms with Gasteiger partial charge in [0.15, 0.2) is 11.9 Å². The second-order valence-corrected chi connectivity index (χ2v) is 5.07. The molecule has 1 atom stereocenters. The predicted octanol–water partition coefficient (Wildman–Crippen LogP) is 2.42. The average Bonchev–Trinajstić information content (AvgIpc) is 2.62. The van der Waals surface area contributed by atoms with Crippen molar-refractivity contribution in [2.45, 2.75) is 13.0 Å². The van der Waals surface area contributed by atoms with Gasteiger partial charge in [0.05, 0.1) is 16.1 Å². The minimum absolute atomic E-state index is 0.0282. The number of carbonyl (C=O) groups excluding carboxylic acids is 1. The van der Waals surface area contributed by atoms with Crippen LogP contribution in [0.25, 0.3) is 0 Å². The number of non-ortho nitro benzene ring substituents is 1. The number of hydrogen-bond acceptors (Lipinski definition) is 7. The van der Waals surface area contributed by atoms with Crippen LogP contribution < -0.4 is 10.2 Å². The molecule has 10 heteroatoms. The molecule has 0 radical (unpaired) electrons. The molecule has 0 aliphatic carbocycles. The smallest absolute Gasteiger partial charge is 0.310 e. The van der Waals surface area contributed by atoms with Gasteiger partial charge in [-0.1, -0.05) is 12.1 Å². The van der Waals surface area contributed by atoms with Crippen LogP contribution >= 0.6 is 0 Å². The van der Waals surface area contributed by atoms with Gasteiger partial charge in [0.2, 0.25) is 0 Å². The number of rotatable bonds is 7. The standard InChI is InChI=1S/C16H14N4O6/c1-11(26-15-5-3-2-4-14(15)20(24)25)16(21)18-17-10-12-6-8-13(9-7-12)19(22)23/h2-11H,1H3,(H,18,21)/b17-10-/t11-/m1/s1. The molecule has 2 rings (SSSR count). The lowest BCUT2D eigenvalue weighted by Gasteiger charge is -2.12. The van der Waals surface area contributed by atoms with Crippen molar-refractivity contribution in [2.24, 2.45) is 5.10 Å². The first-order chi connectivity index (χ1) is 12.4. The molecule has 10 nitrogen and oxygen atoms in total. The average molecular weight is 358 g/mol. The van der Waals surface area contributed by atoms with Crippen molar-refractivity contribution >= 4 is 23.5 Å². The van der Waals surface area contributed by atoms with Crippen LogP contribution in [-0.2, 0) is 4.79 Å². The van der Waals surface area contributed by atoms with E-state index in [9.17, 15) is 25.0 Å². The van der Waals surface area contributed by atoms with Crippen LogP contribution in [0, 0.1) is 20.2 Å². The fraction of sp³-hybridized carbons (Fsp3) is 0.125. The van der Waals surface area contributed by atoms with E-state index in [0.717, 1.165) is 0 Å². The number of nitrogens with zero attached hydrogens (tertiary/aromatic N) is 3. The van der Waals surface area contributed by atoms with Crippen molar-refractivity contribution in [3.63, 3.8) is 0 Å². The summed E-state index contributed by atoms with van der Waals surface area (Å²) in [5, 5.41) is 25.2. The van der Waals surface area contributed by atoms with Gasteiger partial charge in [0.25, 0.3) is 11.6 Å². The summed E-state index contributed by atoms with van der Waals surface area (Å²) in [6.07, 6.45) is 0.282. The Morgan fingerprint density at radius 2 is 1.77 bits per heavy atom. The van der Waals surface area contributed by atoms with Crippen molar-refractivity contribution in [1.82, 2.24) is 5.43 Å². The Kier molecular flexibility index (Phi) is 5.93. The van der Waals surface area contributed by atoms with Crippen molar-refractivity contribution in [1.29, 1.82) is 0 Å². The first-order valence-corrected chi connectivity index (χ1v) is 7.36. The summed E-state index contributed by atoms with van der Waals surface area (Å²) in [6.45, 7) is 1.42. The topological polar surface area (TPSA) is 137 Å². The van der Waals surface area contributed by atoms with Gasteiger partial charge >= 0.3 is 5.69 Å². The summed E-state index contributed by atoms with van der Waals surface area (Å²) in [5.74, 6) is -0.638. The highest BCUT2D eigenvalue weighted by molar-refractivity contribution is 5.84. The highest BCUT2D eigenvalue weighted by Gasteiger charge is 2.20. The van der Waals surface area contributed by atoms with Gasteiger partial charge in [0, 0.05) is 18.2 Å². The molecule has 0 aliphatic rings. The number of nitro groups is 2. The number of hydrazone groups is 1. The van der Waals surface area contributed by atoms with Gasteiger partial charge in [-0.3, -0.25) is 25.0 Å². The van der Waals surface area contributed by atoms with Gasteiger partial charge in [0.1, 0.15) is 0 Å². The molecular weight excluding hydrogens is 344 g/mol. The van der Waals surface area contributed by atoms with Crippen LogP contribution in [0.15, 0.2) is 53.6 Å². The van der Waals surface area contributed by atoms with E-state index in [4.69, 9.17) is 4.74 Å². The van der Waals surface area contributed by atoms with Crippen LogP contribution in [0.4, 0.5) is 11.4 Å². The predicted molar refractivity (Wildman–Crippen MR) is 92.0 cm³/mol. The molecule has 0 unspecified atom stereocenters. The molecule has 0 spiro atoms. The lowest BCUT2D eigenvalue weighted by atomic mass is 10.2. The Bertz CT molecular complexity index is 850. The van der Waals surface area contributed by atoms with Gasteiger partial charge in [-0.2, -0.15) is 5.10 Å². The maximum Gasteiger partial charge on any atom is 0.310 e. The number of nitrogens with one attached hydrogen (secondary N) is 1. The van der Waals surface area contributed by atoms with Crippen LogP contribution in [0.2, 0.25) is 0 Å². The lowest BCUT2D eigenvalue weighted by molar-refractivity contribution is -0.386. The van der Waals surface area contributed by atoms with E-state index in [2.05, 4.69) is 10.5 Å².